The molecule has 0 saturated heterocycles. The Kier molecular flexibility index (Phi) is 3.95. The van der Waals surface area contributed by atoms with E-state index in [1.807, 2.05) is 6.07 Å². The number of halogens is 2. The highest BCUT2D eigenvalue weighted by molar-refractivity contribution is 6.38. The predicted octanol–water partition coefficient (Wildman–Crippen LogP) is 3.66. The first-order valence-electron chi connectivity index (χ1n) is 6.52. The number of fused-ring (bicyclic) bond motifs is 1. The third kappa shape index (κ3) is 2.63. The Balaban J connectivity index is 2.19. The van der Waals surface area contributed by atoms with Crippen LogP contribution in [0.2, 0.25) is 10.0 Å². The lowest BCUT2D eigenvalue weighted by molar-refractivity contribution is 0.103. The maximum absolute atomic E-state index is 12.6. The number of hydrogen-bond donors (Lipinski definition) is 0. The summed E-state index contributed by atoms with van der Waals surface area (Å²) in [4.78, 5) is 24.3. The van der Waals surface area contributed by atoms with E-state index in [4.69, 9.17) is 32.9 Å². The molecule has 1 heterocycles. The van der Waals surface area contributed by atoms with Crippen LogP contribution < -0.4 is 5.76 Å². The summed E-state index contributed by atoms with van der Waals surface area (Å²) in [7, 11) is 0. The summed E-state index contributed by atoms with van der Waals surface area (Å²) in [6, 6.07) is 11.3. The van der Waals surface area contributed by atoms with E-state index in [0.29, 0.717) is 16.1 Å². The summed E-state index contributed by atoms with van der Waals surface area (Å²) in [5.74, 6) is -1.06. The van der Waals surface area contributed by atoms with Crippen molar-refractivity contribution in [2.75, 3.05) is 0 Å². The molecule has 7 heteroatoms. The zero-order valence-corrected chi connectivity index (χ0v) is 13.1. The number of oxazole rings is 1. The van der Waals surface area contributed by atoms with Crippen molar-refractivity contribution in [1.82, 2.24) is 4.57 Å². The van der Waals surface area contributed by atoms with Gasteiger partial charge in [0, 0.05) is 11.1 Å². The molecule has 0 amide bonds. The van der Waals surface area contributed by atoms with Crippen molar-refractivity contribution in [2.24, 2.45) is 0 Å². The number of carbonyl (C=O) groups excluding carboxylic acids is 1. The number of aromatic nitrogens is 1. The van der Waals surface area contributed by atoms with Gasteiger partial charge in [-0.25, -0.2) is 4.79 Å². The van der Waals surface area contributed by atoms with Crippen LogP contribution >= 0.6 is 23.2 Å². The minimum absolute atomic E-state index is 0.148. The Labute approximate surface area is 140 Å². The topological polar surface area (TPSA) is 76.0 Å². The van der Waals surface area contributed by atoms with Gasteiger partial charge < -0.3 is 4.42 Å². The fourth-order valence-electron chi connectivity index (χ4n) is 2.27. The molecule has 3 rings (SSSR count). The number of nitriles is 1. The normalized spacial score (nSPS) is 10.7. The van der Waals surface area contributed by atoms with Gasteiger partial charge in [-0.3, -0.25) is 9.36 Å². The highest BCUT2D eigenvalue weighted by Crippen LogP contribution is 2.28. The van der Waals surface area contributed by atoms with E-state index < -0.39 is 5.76 Å². The van der Waals surface area contributed by atoms with Crippen LogP contribution in [-0.4, -0.2) is 10.4 Å². The molecule has 0 atom stereocenters. The Morgan fingerprint density at radius 2 is 1.91 bits per heavy atom. The summed E-state index contributed by atoms with van der Waals surface area (Å²) in [5, 5.41) is 9.21. The standard InChI is InChI=1S/C16H8Cl2N2O3/c17-11-4-2-1-3-9(11)15(21)10-7-14-13(8-12(10)18)20(6-5-19)16(22)23-14/h1-4,7-8H,6H2. The Morgan fingerprint density at radius 3 is 2.61 bits per heavy atom. The average molecular weight is 347 g/mol. The van der Waals surface area contributed by atoms with Crippen LogP contribution in [0.5, 0.6) is 0 Å². The molecular weight excluding hydrogens is 339 g/mol. The molecule has 0 fully saturated rings. The second-order valence-electron chi connectivity index (χ2n) is 4.72. The maximum atomic E-state index is 12.6. The number of ketones is 1. The van der Waals surface area contributed by atoms with Gasteiger partial charge in [-0.05, 0) is 24.3 Å². The average Bonchev–Trinajstić information content (AvgIpc) is 2.82. The van der Waals surface area contributed by atoms with Gasteiger partial charge in [0.15, 0.2) is 11.4 Å². The largest absolute Gasteiger partial charge is 0.420 e. The van der Waals surface area contributed by atoms with Gasteiger partial charge in [-0.15, -0.1) is 0 Å². The van der Waals surface area contributed by atoms with Crippen LogP contribution in [0, 0.1) is 11.3 Å². The van der Waals surface area contributed by atoms with Crippen LogP contribution in [-0.2, 0) is 6.54 Å². The number of carbonyl (C=O) groups is 1. The van der Waals surface area contributed by atoms with Crippen molar-refractivity contribution in [3.63, 3.8) is 0 Å². The molecule has 0 aliphatic heterocycles. The first kappa shape index (κ1) is 15.3. The van der Waals surface area contributed by atoms with Gasteiger partial charge in [0.2, 0.25) is 0 Å². The molecule has 0 aliphatic carbocycles. The predicted molar refractivity (Wildman–Crippen MR) is 86.0 cm³/mol. The number of rotatable bonds is 3. The molecule has 5 nitrogen and oxygen atoms in total. The molecule has 0 bridgehead atoms. The maximum Gasteiger partial charge on any atom is 0.420 e. The second kappa shape index (κ2) is 5.92. The van der Waals surface area contributed by atoms with E-state index in [1.165, 1.54) is 12.1 Å². The summed E-state index contributed by atoms with van der Waals surface area (Å²) in [6.07, 6.45) is 0. The highest BCUT2D eigenvalue weighted by Gasteiger charge is 2.19. The van der Waals surface area contributed by atoms with Gasteiger partial charge in [0.1, 0.15) is 6.54 Å². The van der Waals surface area contributed by atoms with Crippen molar-refractivity contribution < 1.29 is 9.21 Å². The molecule has 0 unspecified atom stereocenters. The van der Waals surface area contributed by atoms with Crippen molar-refractivity contribution in [3.8, 4) is 6.07 Å². The zero-order chi connectivity index (χ0) is 16.6. The fourth-order valence-corrected chi connectivity index (χ4v) is 2.73. The van der Waals surface area contributed by atoms with Gasteiger partial charge in [0.05, 0.1) is 21.6 Å². The van der Waals surface area contributed by atoms with Crippen molar-refractivity contribution in [1.29, 1.82) is 5.26 Å². The molecule has 3 aromatic rings. The van der Waals surface area contributed by atoms with E-state index in [2.05, 4.69) is 0 Å². The lowest BCUT2D eigenvalue weighted by Gasteiger charge is -2.06. The molecule has 0 spiro atoms. The van der Waals surface area contributed by atoms with Crippen LogP contribution in [0.15, 0.2) is 45.6 Å². The summed E-state index contributed by atoms with van der Waals surface area (Å²) in [5.41, 5.74) is 1.02. The number of nitrogens with zero attached hydrogens (tertiary/aromatic N) is 2. The molecule has 0 saturated carbocycles. The van der Waals surface area contributed by atoms with E-state index in [9.17, 15) is 9.59 Å². The smallest absolute Gasteiger partial charge is 0.408 e. The minimum Gasteiger partial charge on any atom is -0.408 e. The fraction of sp³-hybridized carbons (Fsp3) is 0.0625. The van der Waals surface area contributed by atoms with E-state index in [0.717, 1.165) is 4.57 Å². The zero-order valence-electron chi connectivity index (χ0n) is 11.5. The van der Waals surface area contributed by atoms with Gasteiger partial charge in [0.25, 0.3) is 0 Å². The number of benzene rings is 2. The van der Waals surface area contributed by atoms with Gasteiger partial charge in [-0.2, -0.15) is 5.26 Å². The van der Waals surface area contributed by atoms with E-state index in [-0.39, 0.29) is 28.5 Å². The Hall–Kier alpha value is -2.55. The van der Waals surface area contributed by atoms with Crippen LogP contribution in [0.25, 0.3) is 11.1 Å². The lowest BCUT2D eigenvalue weighted by atomic mass is 10.0. The first-order valence-corrected chi connectivity index (χ1v) is 7.27. The molecule has 1 aromatic heterocycles. The van der Waals surface area contributed by atoms with Crippen LogP contribution in [0.4, 0.5) is 0 Å². The third-order valence-corrected chi connectivity index (χ3v) is 3.99. The summed E-state index contributed by atoms with van der Waals surface area (Å²) < 4.78 is 6.22. The molecule has 0 aliphatic rings. The molecule has 2 aromatic carbocycles. The van der Waals surface area contributed by atoms with Crippen molar-refractivity contribution >= 4 is 40.1 Å². The highest BCUT2D eigenvalue weighted by atomic mass is 35.5. The van der Waals surface area contributed by atoms with Crippen molar-refractivity contribution in [3.05, 3.63) is 68.1 Å². The molecule has 0 radical (unpaired) electrons. The van der Waals surface area contributed by atoms with Gasteiger partial charge in [-0.1, -0.05) is 35.3 Å². The molecular formula is C16H8Cl2N2O3. The first-order chi connectivity index (χ1) is 11.0. The Morgan fingerprint density at radius 1 is 1.17 bits per heavy atom. The summed E-state index contributed by atoms with van der Waals surface area (Å²) >= 11 is 12.2. The van der Waals surface area contributed by atoms with E-state index in [1.54, 1.807) is 24.3 Å². The lowest BCUT2D eigenvalue weighted by Crippen LogP contribution is -2.12. The SMILES string of the molecule is N#CCn1c(=O)oc2cc(C(=O)c3ccccc3Cl)c(Cl)cc21. The number of hydrogen-bond acceptors (Lipinski definition) is 4. The van der Waals surface area contributed by atoms with Gasteiger partial charge >= 0.3 is 5.76 Å². The quantitative estimate of drug-likeness (QED) is 0.678. The third-order valence-electron chi connectivity index (χ3n) is 3.35. The molecule has 114 valence electrons. The van der Waals surface area contributed by atoms with Crippen LogP contribution in [0.3, 0.4) is 0 Å². The summed E-state index contributed by atoms with van der Waals surface area (Å²) in [6.45, 7) is -0.167. The second-order valence-corrected chi connectivity index (χ2v) is 5.54. The Bertz CT molecular complexity index is 1030. The minimum atomic E-state index is -0.681. The van der Waals surface area contributed by atoms with Crippen molar-refractivity contribution in [2.45, 2.75) is 6.54 Å². The monoisotopic (exact) mass is 346 g/mol. The molecule has 0 N–H and O–H groups in total. The molecule has 23 heavy (non-hydrogen) atoms. The van der Waals surface area contributed by atoms with Crippen LogP contribution in [0.1, 0.15) is 15.9 Å². The van der Waals surface area contributed by atoms with E-state index >= 15 is 0 Å².